The first-order chi connectivity index (χ1) is 10.2. The highest BCUT2D eigenvalue weighted by Gasteiger charge is 2.29. The molecule has 5 heteroatoms. The lowest BCUT2D eigenvalue weighted by atomic mass is 9.97. The molecule has 2 aromatic rings. The Morgan fingerprint density at radius 3 is 2.86 bits per heavy atom. The van der Waals surface area contributed by atoms with Crippen LogP contribution in [-0.2, 0) is 11.2 Å². The molecule has 5 nitrogen and oxygen atoms in total. The molecule has 1 fully saturated rings. The molecule has 1 aliphatic heterocycles. The van der Waals surface area contributed by atoms with Crippen LogP contribution in [0.1, 0.15) is 36.0 Å². The van der Waals surface area contributed by atoms with Crippen LogP contribution in [0.25, 0.3) is 0 Å². The molecule has 1 aliphatic rings. The number of rotatable bonds is 4. The Kier molecular flexibility index (Phi) is 3.99. The van der Waals surface area contributed by atoms with Gasteiger partial charge in [0.15, 0.2) is 5.82 Å². The van der Waals surface area contributed by atoms with Gasteiger partial charge >= 0.3 is 0 Å². The van der Waals surface area contributed by atoms with Crippen LogP contribution < -0.4 is 0 Å². The van der Waals surface area contributed by atoms with Crippen molar-refractivity contribution in [3.8, 4) is 0 Å². The minimum atomic E-state index is 0.166. The van der Waals surface area contributed by atoms with E-state index in [1.54, 1.807) is 0 Å². The number of carbonyl (C=O) groups is 1. The molecular weight excluding hydrogens is 266 g/mol. The minimum Gasteiger partial charge on any atom is -0.342 e. The molecule has 0 bridgehead atoms. The van der Waals surface area contributed by atoms with Crippen molar-refractivity contribution in [1.82, 2.24) is 15.0 Å². The predicted molar refractivity (Wildman–Crippen MR) is 77.7 cm³/mol. The summed E-state index contributed by atoms with van der Waals surface area (Å²) in [6.45, 7) is 3.23. The highest BCUT2D eigenvalue weighted by Crippen LogP contribution is 2.26. The van der Waals surface area contributed by atoms with E-state index in [2.05, 4.69) is 22.3 Å². The highest BCUT2D eigenvalue weighted by atomic mass is 16.5. The van der Waals surface area contributed by atoms with E-state index in [4.69, 9.17) is 4.52 Å². The van der Waals surface area contributed by atoms with Gasteiger partial charge in [-0.2, -0.15) is 4.98 Å². The van der Waals surface area contributed by atoms with Crippen molar-refractivity contribution >= 4 is 5.91 Å². The second-order valence-electron chi connectivity index (χ2n) is 5.49. The van der Waals surface area contributed by atoms with Crippen LogP contribution in [0, 0.1) is 6.92 Å². The average Bonchev–Trinajstić information content (AvgIpc) is 2.94. The summed E-state index contributed by atoms with van der Waals surface area (Å²) in [4.78, 5) is 18.3. The molecule has 1 aromatic carbocycles. The van der Waals surface area contributed by atoms with Gasteiger partial charge in [-0.15, -0.1) is 0 Å². The summed E-state index contributed by atoms with van der Waals surface area (Å²) in [6, 6.07) is 10.2. The van der Waals surface area contributed by atoms with E-state index in [1.807, 2.05) is 30.0 Å². The SMILES string of the molecule is Cc1noc([C@H]2CCC(=O)N(CCc3ccccc3)C2)n1. The van der Waals surface area contributed by atoms with Gasteiger partial charge in [0.05, 0.1) is 5.92 Å². The zero-order valence-corrected chi connectivity index (χ0v) is 12.2. The van der Waals surface area contributed by atoms with Crippen molar-refractivity contribution in [3.63, 3.8) is 0 Å². The van der Waals surface area contributed by atoms with E-state index in [0.29, 0.717) is 24.7 Å². The van der Waals surface area contributed by atoms with Crippen molar-refractivity contribution in [2.75, 3.05) is 13.1 Å². The highest BCUT2D eigenvalue weighted by molar-refractivity contribution is 5.77. The third-order valence-corrected chi connectivity index (χ3v) is 3.91. The molecule has 0 unspecified atom stereocenters. The number of nitrogens with zero attached hydrogens (tertiary/aromatic N) is 3. The van der Waals surface area contributed by atoms with Gasteiger partial charge in [0.25, 0.3) is 0 Å². The van der Waals surface area contributed by atoms with Gasteiger partial charge in [0.2, 0.25) is 11.8 Å². The van der Waals surface area contributed by atoms with Crippen molar-refractivity contribution in [1.29, 1.82) is 0 Å². The smallest absolute Gasteiger partial charge is 0.231 e. The van der Waals surface area contributed by atoms with Crippen LogP contribution in [0.3, 0.4) is 0 Å². The second-order valence-corrected chi connectivity index (χ2v) is 5.49. The molecule has 21 heavy (non-hydrogen) atoms. The number of aromatic nitrogens is 2. The Hall–Kier alpha value is -2.17. The molecule has 0 N–H and O–H groups in total. The Morgan fingerprint density at radius 1 is 1.33 bits per heavy atom. The van der Waals surface area contributed by atoms with Crippen molar-refractivity contribution in [2.24, 2.45) is 0 Å². The summed E-state index contributed by atoms with van der Waals surface area (Å²) in [5.74, 6) is 1.69. The van der Waals surface area contributed by atoms with Gasteiger partial charge < -0.3 is 9.42 Å². The van der Waals surface area contributed by atoms with Gasteiger partial charge in [0.1, 0.15) is 0 Å². The number of amides is 1. The monoisotopic (exact) mass is 285 g/mol. The number of piperidine rings is 1. The van der Waals surface area contributed by atoms with E-state index in [0.717, 1.165) is 19.4 Å². The van der Waals surface area contributed by atoms with Gasteiger partial charge in [-0.25, -0.2) is 0 Å². The van der Waals surface area contributed by atoms with Crippen LogP contribution in [0.5, 0.6) is 0 Å². The molecule has 1 amide bonds. The molecule has 0 spiro atoms. The number of hydrogen-bond donors (Lipinski definition) is 0. The van der Waals surface area contributed by atoms with Gasteiger partial charge in [-0.05, 0) is 25.3 Å². The second kappa shape index (κ2) is 6.08. The fourth-order valence-corrected chi connectivity index (χ4v) is 2.72. The zero-order chi connectivity index (χ0) is 14.7. The summed E-state index contributed by atoms with van der Waals surface area (Å²) in [5.41, 5.74) is 1.25. The lowest BCUT2D eigenvalue weighted by Crippen LogP contribution is -2.40. The number of benzene rings is 1. The maximum Gasteiger partial charge on any atom is 0.231 e. The summed E-state index contributed by atoms with van der Waals surface area (Å²) in [6.07, 6.45) is 2.23. The zero-order valence-electron chi connectivity index (χ0n) is 12.2. The average molecular weight is 285 g/mol. The topological polar surface area (TPSA) is 59.2 Å². The molecule has 3 rings (SSSR count). The summed E-state index contributed by atoms with van der Waals surface area (Å²) < 4.78 is 5.25. The van der Waals surface area contributed by atoms with Gasteiger partial charge in [-0.3, -0.25) is 4.79 Å². The Bertz CT molecular complexity index is 609. The standard InChI is InChI=1S/C16H19N3O2/c1-12-17-16(21-18-12)14-7-8-15(20)19(11-14)10-9-13-5-3-2-4-6-13/h2-6,14H,7-11H2,1H3/t14-/m0/s1. The summed E-state index contributed by atoms with van der Waals surface area (Å²) >= 11 is 0. The van der Waals surface area contributed by atoms with Crippen molar-refractivity contribution in [3.05, 3.63) is 47.6 Å². The lowest BCUT2D eigenvalue weighted by Gasteiger charge is -2.31. The molecule has 2 heterocycles. The van der Waals surface area contributed by atoms with Crippen LogP contribution >= 0.6 is 0 Å². The molecule has 0 aliphatic carbocycles. The van der Waals surface area contributed by atoms with E-state index in [1.165, 1.54) is 5.56 Å². The maximum absolute atomic E-state index is 12.1. The van der Waals surface area contributed by atoms with Crippen LogP contribution in [0.2, 0.25) is 0 Å². The number of aryl methyl sites for hydroxylation is 1. The Labute approximate surface area is 124 Å². The Morgan fingerprint density at radius 2 is 2.14 bits per heavy atom. The van der Waals surface area contributed by atoms with E-state index in [-0.39, 0.29) is 11.8 Å². The van der Waals surface area contributed by atoms with E-state index < -0.39 is 0 Å². The maximum atomic E-state index is 12.1. The summed E-state index contributed by atoms with van der Waals surface area (Å²) in [5, 5.41) is 3.84. The predicted octanol–water partition coefficient (Wildman–Crippen LogP) is 2.33. The van der Waals surface area contributed by atoms with E-state index in [9.17, 15) is 4.79 Å². The number of hydrogen-bond acceptors (Lipinski definition) is 4. The van der Waals surface area contributed by atoms with Crippen LogP contribution in [0.15, 0.2) is 34.9 Å². The fourth-order valence-electron chi connectivity index (χ4n) is 2.72. The third kappa shape index (κ3) is 3.29. The lowest BCUT2D eigenvalue weighted by molar-refractivity contribution is -0.133. The fraction of sp³-hybridized carbons (Fsp3) is 0.438. The molecule has 1 saturated heterocycles. The molecule has 1 atom stereocenters. The largest absolute Gasteiger partial charge is 0.342 e. The first-order valence-corrected chi connectivity index (χ1v) is 7.34. The quantitative estimate of drug-likeness (QED) is 0.865. The molecule has 0 saturated carbocycles. The summed E-state index contributed by atoms with van der Waals surface area (Å²) in [7, 11) is 0. The van der Waals surface area contributed by atoms with Crippen molar-refractivity contribution < 1.29 is 9.32 Å². The van der Waals surface area contributed by atoms with Gasteiger partial charge in [0, 0.05) is 19.5 Å². The third-order valence-electron chi connectivity index (χ3n) is 3.91. The van der Waals surface area contributed by atoms with Crippen LogP contribution in [-0.4, -0.2) is 34.0 Å². The number of likely N-dealkylation sites (tertiary alicyclic amines) is 1. The normalized spacial score (nSPS) is 19.0. The molecule has 110 valence electrons. The number of carbonyl (C=O) groups excluding carboxylic acids is 1. The first kappa shape index (κ1) is 13.8. The van der Waals surface area contributed by atoms with E-state index >= 15 is 0 Å². The Balaban J connectivity index is 1.62. The van der Waals surface area contributed by atoms with Crippen LogP contribution in [0.4, 0.5) is 0 Å². The molecular formula is C16H19N3O2. The minimum absolute atomic E-state index is 0.166. The first-order valence-electron chi connectivity index (χ1n) is 7.34. The molecule has 1 aromatic heterocycles. The molecule has 0 radical (unpaired) electrons. The van der Waals surface area contributed by atoms with Crippen molar-refractivity contribution in [2.45, 2.75) is 32.1 Å². The van der Waals surface area contributed by atoms with Gasteiger partial charge in [-0.1, -0.05) is 35.5 Å².